The Labute approximate surface area is 117 Å². The van der Waals surface area contributed by atoms with E-state index in [0.29, 0.717) is 12.0 Å². The van der Waals surface area contributed by atoms with E-state index in [2.05, 4.69) is 0 Å². The number of hydrogen-bond acceptors (Lipinski definition) is 3. The zero-order valence-corrected chi connectivity index (χ0v) is 11.4. The molecule has 0 fully saturated rings. The van der Waals surface area contributed by atoms with Crippen LogP contribution in [0.25, 0.3) is 5.57 Å². The predicted molar refractivity (Wildman–Crippen MR) is 78.4 cm³/mol. The summed E-state index contributed by atoms with van der Waals surface area (Å²) in [6.07, 6.45) is 6.44. The summed E-state index contributed by atoms with van der Waals surface area (Å²) in [6.45, 7) is 0. The molecule has 6 N–H and O–H groups in total. The maximum atomic E-state index is 14.2. The minimum absolute atomic E-state index is 0.0226. The standard InChI is InChI=1S/C15H20FN3O/c16-13-7-12(15(19)20)14(18)8-11(13)9-3-1-2-4-10(17)6-5-9/h3,7-8,10H,1-2,4-6,17-18H2,(H2,19,20)/b9-3-/t10-/m0/s1. The largest absolute Gasteiger partial charge is 0.398 e. The van der Waals surface area contributed by atoms with Crippen LogP contribution in [0.2, 0.25) is 0 Å². The molecule has 1 aromatic rings. The number of benzene rings is 1. The highest BCUT2D eigenvalue weighted by Crippen LogP contribution is 2.29. The fraction of sp³-hybridized carbons (Fsp3) is 0.400. The molecule has 1 aliphatic carbocycles. The van der Waals surface area contributed by atoms with Gasteiger partial charge in [0.15, 0.2) is 0 Å². The van der Waals surface area contributed by atoms with Crippen molar-refractivity contribution < 1.29 is 9.18 Å². The van der Waals surface area contributed by atoms with Crippen molar-refractivity contribution in [2.75, 3.05) is 5.73 Å². The summed E-state index contributed by atoms with van der Waals surface area (Å²) in [5.74, 6) is -1.19. The van der Waals surface area contributed by atoms with Crippen LogP contribution in [0.3, 0.4) is 0 Å². The number of rotatable bonds is 2. The van der Waals surface area contributed by atoms with Crippen LogP contribution in [-0.4, -0.2) is 11.9 Å². The average molecular weight is 277 g/mol. The van der Waals surface area contributed by atoms with E-state index >= 15 is 0 Å². The highest BCUT2D eigenvalue weighted by Gasteiger charge is 2.16. The van der Waals surface area contributed by atoms with Crippen LogP contribution in [0.15, 0.2) is 18.2 Å². The number of carbonyl (C=O) groups excluding carboxylic acids is 1. The molecule has 0 saturated carbocycles. The number of nitrogen functional groups attached to an aromatic ring is 1. The van der Waals surface area contributed by atoms with Gasteiger partial charge in [0.1, 0.15) is 5.82 Å². The molecular weight excluding hydrogens is 257 g/mol. The number of hydrogen-bond donors (Lipinski definition) is 3. The van der Waals surface area contributed by atoms with Crippen molar-refractivity contribution in [1.29, 1.82) is 0 Å². The van der Waals surface area contributed by atoms with Crippen molar-refractivity contribution >= 4 is 17.2 Å². The Morgan fingerprint density at radius 1 is 1.30 bits per heavy atom. The van der Waals surface area contributed by atoms with E-state index in [1.54, 1.807) is 0 Å². The molecule has 1 aliphatic rings. The second kappa shape index (κ2) is 6.05. The first kappa shape index (κ1) is 14.5. The average Bonchev–Trinajstić information content (AvgIpc) is 2.37. The Morgan fingerprint density at radius 3 is 2.75 bits per heavy atom. The van der Waals surface area contributed by atoms with Gasteiger partial charge in [-0.05, 0) is 49.8 Å². The van der Waals surface area contributed by atoms with Gasteiger partial charge in [-0.25, -0.2) is 4.39 Å². The molecule has 0 bridgehead atoms. The van der Waals surface area contributed by atoms with Gasteiger partial charge < -0.3 is 17.2 Å². The van der Waals surface area contributed by atoms with E-state index in [-0.39, 0.29) is 17.3 Å². The lowest BCUT2D eigenvalue weighted by Crippen LogP contribution is -2.20. The number of halogens is 1. The van der Waals surface area contributed by atoms with Crippen molar-refractivity contribution in [1.82, 2.24) is 0 Å². The van der Waals surface area contributed by atoms with E-state index in [1.807, 2.05) is 6.08 Å². The van der Waals surface area contributed by atoms with Gasteiger partial charge >= 0.3 is 0 Å². The normalized spacial score (nSPS) is 22.5. The van der Waals surface area contributed by atoms with E-state index in [0.717, 1.165) is 37.3 Å². The highest BCUT2D eigenvalue weighted by molar-refractivity contribution is 5.98. The SMILES string of the molecule is NC(=O)c1cc(F)c(/C2=C\CCC[C@H](N)CC2)cc1N. The number of allylic oxidation sites excluding steroid dienone is 2. The molecule has 2 rings (SSSR count). The molecule has 0 aliphatic heterocycles. The number of anilines is 1. The number of nitrogens with two attached hydrogens (primary N) is 3. The van der Waals surface area contributed by atoms with E-state index in [1.165, 1.54) is 6.07 Å². The minimum Gasteiger partial charge on any atom is -0.398 e. The van der Waals surface area contributed by atoms with Crippen LogP contribution in [-0.2, 0) is 0 Å². The Kier molecular flexibility index (Phi) is 4.39. The van der Waals surface area contributed by atoms with Gasteiger partial charge in [0, 0.05) is 17.3 Å². The quantitative estimate of drug-likeness (QED) is 0.723. The van der Waals surface area contributed by atoms with Crippen molar-refractivity contribution in [3.8, 4) is 0 Å². The topological polar surface area (TPSA) is 95.1 Å². The Bertz CT molecular complexity index is 554. The number of primary amides is 1. The van der Waals surface area contributed by atoms with Gasteiger partial charge in [-0.3, -0.25) is 4.79 Å². The summed E-state index contributed by atoms with van der Waals surface area (Å²) in [5, 5.41) is 0. The summed E-state index contributed by atoms with van der Waals surface area (Å²) in [4.78, 5) is 11.1. The Hall–Kier alpha value is -1.88. The third kappa shape index (κ3) is 3.17. The first-order chi connectivity index (χ1) is 9.49. The van der Waals surface area contributed by atoms with Gasteiger partial charge in [-0.1, -0.05) is 6.08 Å². The summed E-state index contributed by atoms with van der Waals surface area (Å²) < 4.78 is 14.2. The molecule has 20 heavy (non-hydrogen) atoms. The zero-order valence-electron chi connectivity index (χ0n) is 11.4. The monoisotopic (exact) mass is 277 g/mol. The van der Waals surface area contributed by atoms with Crippen molar-refractivity contribution in [2.45, 2.75) is 38.1 Å². The Balaban J connectivity index is 2.36. The first-order valence-corrected chi connectivity index (χ1v) is 6.83. The molecule has 1 aromatic carbocycles. The molecule has 0 spiro atoms. The van der Waals surface area contributed by atoms with Gasteiger partial charge in [0.25, 0.3) is 5.91 Å². The van der Waals surface area contributed by atoms with Gasteiger partial charge in [-0.15, -0.1) is 0 Å². The molecule has 1 amide bonds. The highest BCUT2D eigenvalue weighted by atomic mass is 19.1. The smallest absolute Gasteiger partial charge is 0.250 e. The first-order valence-electron chi connectivity index (χ1n) is 6.83. The molecule has 0 radical (unpaired) electrons. The van der Waals surface area contributed by atoms with Crippen LogP contribution < -0.4 is 17.2 Å². The van der Waals surface area contributed by atoms with Crippen LogP contribution in [0.1, 0.15) is 48.0 Å². The molecule has 0 unspecified atom stereocenters. The summed E-state index contributed by atoms with van der Waals surface area (Å²) in [5.41, 5.74) is 18.5. The lowest BCUT2D eigenvalue weighted by molar-refractivity contribution is 0.100. The molecular formula is C15H20FN3O. The predicted octanol–water partition coefficient (Wildman–Crippen LogP) is 2.18. The van der Waals surface area contributed by atoms with E-state index in [4.69, 9.17) is 17.2 Å². The third-order valence-electron chi connectivity index (χ3n) is 3.70. The van der Waals surface area contributed by atoms with Crippen molar-refractivity contribution in [3.63, 3.8) is 0 Å². The molecule has 0 saturated heterocycles. The summed E-state index contributed by atoms with van der Waals surface area (Å²) >= 11 is 0. The van der Waals surface area contributed by atoms with Crippen LogP contribution in [0, 0.1) is 5.82 Å². The third-order valence-corrected chi connectivity index (χ3v) is 3.70. The fourth-order valence-electron chi connectivity index (χ4n) is 2.54. The maximum absolute atomic E-state index is 14.2. The molecule has 4 nitrogen and oxygen atoms in total. The lowest BCUT2D eigenvalue weighted by Gasteiger charge is -2.18. The van der Waals surface area contributed by atoms with Crippen LogP contribution in [0.5, 0.6) is 0 Å². The Morgan fingerprint density at radius 2 is 2.05 bits per heavy atom. The van der Waals surface area contributed by atoms with Crippen molar-refractivity contribution in [3.05, 3.63) is 35.2 Å². The van der Waals surface area contributed by atoms with E-state index in [9.17, 15) is 9.18 Å². The lowest BCUT2D eigenvalue weighted by atomic mass is 9.91. The summed E-state index contributed by atoms with van der Waals surface area (Å²) in [6, 6.07) is 2.77. The fourth-order valence-corrected chi connectivity index (χ4v) is 2.54. The van der Waals surface area contributed by atoms with Gasteiger partial charge in [0.05, 0.1) is 5.56 Å². The molecule has 0 heterocycles. The van der Waals surface area contributed by atoms with E-state index < -0.39 is 11.7 Å². The molecule has 0 aromatic heterocycles. The van der Waals surface area contributed by atoms with Crippen LogP contribution >= 0.6 is 0 Å². The minimum atomic E-state index is -0.721. The number of carbonyl (C=O) groups is 1. The van der Waals surface area contributed by atoms with Gasteiger partial charge in [0.2, 0.25) is 0 Å². The van der Waals surface area contributed by atoms with Gasteiger partial charge in [-0.2, -0.15) is 0 Å². The van der Waals surface area contributed by atoms with Crippen molar-refractivity contribution in [2.24, 2.45) is 11.5 Å². The zero-order chi connectivity index (χ0) is 14.7. The molecule has 108 valence electrons. The molecule has 1 atom stereocenters. The van der Waals surface area contributed by atoms with Crippen LogP contribution in [0.4, 0.5) is 10.1 Å². The second-order valence-corrected chi connectivity index (χ2v) is 5.24. The number of amides is 1. The maximum Gasteiger partial charge on any atom is 0.250 e. The molecule has 5 heteroatoms. The second-order valence-electron chi connectivity index (χ2n) is 5.24. The summed E-state index contributed by atoms with van der Waals surface area (Å²) in [7, 11) is 0.